The third kappa shape index (κ3) is 6.23. The van der Waals surface area contributed by atoms with E-state index in [-0.39, 0.29) is 12.0 Å². The van der Waals surface area contributed by atoms with E-state index in [1.807, 2.05) is 12.1 Å². The van der Waals surface area contributed by atoms with Crippen molar-refractivity contribution < 1.29 is 8.78 Å². The first kappa shape index (κ1) is 20.6. The molecular weight excluding hydrogens is 326 g/mol. The maximum Gasteiger partial charge on any atom is 0.273 e. The van der Waals surface area contributed by atoms with Gasteiger partial charge in [-0.05, 0) is 36.0 Å². The van der Waals surface area contributed by atoms with E-state index in [4.69, 9.17) is 0 Å². The summed E-state index contributed by atoms with van der Waals surface area (Å²) in [6.07, 6.45) is 8.33. The SMILES string of the molecule is CCCCCCC(F)(F)c1ccc(-c2ccc(CCCCC)cc2)cc1. The van der Waals surface area contributed by atoms with Gasteiger partial charge in [0.05, 0.1) is 0 Å². The number of halogens is 2. The van der Waals surface area contributed by atoms with Crippen LogP contribution < -0.4 is 0 Å². The van der Waals surface area contributed by atoms with Gasteiger partial charge in [0.1, 0.15) is 0 Å². The number of hydrogen-bond acceptors (Lipinski definition) is 0. The molecule has 2 heteroatoms. The minimum absolute atomic E-state index is 0.0567. The molecule has 0 spiro atoms. The second-order valence-electron chi connectivity index (χ2n) is 7.25. The zero-order valence-corrected chi connectivity index (χ0v) is 16.2. The molecular formula is C24H32F2. The zero-order valence-electron chi connectivity index (χ0n) is 16.2. The molecule has 0 radical (unpaired) electrons. The molecule has 2 aromatic rings. The van der Waals surface area contributed by atoms with Crippen molar-refractivity contribution in [2.45, 2.75) is 77.6 Å². The van der Waals surface area contributed by atoms with Crippen LogP contribution in [0.25, 0.3) is 11.1 Å². The fourth-order valence-corrected chi connectivity index (χ4v) is 3.27. The van der Waals surface area contributed by atoms with Crippen LogP contribution in [0, 0.1) is 0 Å². The molecule has 0 atom stereocenters. The molecule has 2 aromatic carbocycles. The highest BCUT2D eigenvalue weighted by Crippen LogP contribution is 2.34. The Kier molecular flexibility index (Phi) is 8.28. The summed E-state index contributed by atoms with van der Waals surface area (Å²) in [4.78, 5) is 0. The predicted octanol–water partition coefficient (Wildman–Crippen LogP) is 8.15. The predicted molar refractivity (Wildman–Crippen MR) is 108 cm³/mol. The van der Waals surface area contributed by atoms with E-state index in [2.05, 4.69) is 38.1 Å². The molecule has 0 bridgehead atoms. The van der Waals surface area contributed by atoms with Gasteiger partial charge in [-0.25, -0.2) is 8.78 Å². The van der Waals surface area contributed by atoms with Crippen molar-refractivity contribution >= 4 is 0 Å². The van der Waals surface area contributed by atoms with Crippen molar-refractivity contribution in [1.82, 2.24) is 0 Å². The highest BCUT2D eigenvalue weighted by molar-refractivity contribution is 5.64. The summed E-state index contributed by atoms with van der Waals surface area (Å²) in [5.41, 5.74) is 3.56. The van der Waals surface area contributed by atoms with Crippen molar-refractivity contribution in [3.63, 3.8) is 0 Å². The molecule has 0 unspecified atom stereocenters. The largest absolute Gasteiger partial charge is 0.273 e. The van der Waals surface area contributed by atoms with Gasteiger partial charge in [0.15, 0.2) is 0 Å². The molecule has 0 fully saturated rings. The highest BCUT2D eigenvalue weighted by atomic mass is 19.3. The Labute approximate surface area is 157 Å². The van der Waals surface area contributed by atoms with E-state index >= 15 is 0 Å². The molecule has 0 aliphatic heterocycles. The maximum atomic E-state index is 14.3. The van der Waals surface area contributed by atoms with Gasteiger partial charge < -0.3 is 0 Å². The number of alkyl halides is 2. The molecule has 26 heavy (non-hydrogen) atoms. The minimum Gasteiger partial charge on any atom is -0.201 e. The van der Waals surface area contributed by atoms with E-state index < -0.39 is 5.92 Å². The van der Waals surface area contributed by atoms with E-state index in [1.165, 1.54) is 24.8 Å². The molecule has 0 aromatic heterocycles. The third-order valence-corrected chi connectivity index (χ3v) is 5.01. The Bertz CT molecular complexity index is 626. The summed E-state index contributed by atoms with van der Waals surface area (Å²) in [5, 5.41) is 0. The highest BCUT2D eigenvalue weighted by Gasteiger charge is 2.30. The molecule has 0 heterocycles. The van der Waals surface area contributed by atoms with Crippen LogP contribution in [0.3, 0.4) is 0 Å². The fourth-order valence-electron chi connectivity index (χ4n) is 3.27. The number of unbranched alkanes of at least 4 members (excludes halogenated alkanes) is 5. The lowest BCUT2D eigenvalue weighted by molar-refractivity contribution is -0.0158. The fraction of sp³-hybridized carbons (Fsp3) is 0.500. The van der Waals surface area contributed by atoms with Gasteiger partial charge in [-0.15, -0.1) is 0 Å². The van der Waals surface area contributed by atoms with Crippen LogP contribution in [-0.2, 0) is 12.3 Å². The van der Waals surface area contributed by atoms with Crippen LogP contribution >= 0.6 is 0 Å². The molecule has 2 rings (SSSR count). The first-order chi connectivity index (χ1) is 12.6. The topological polar surface area (TPSA) is 0 Å². The van der Waals surface area contributed by atoms with Crippen LogP contribution in [0.5, 0.6) is 0 Å². The first-order valence-corrected chi connectivity index (χ1v) is 10.1. The Morgan fingerprint density at radius 3 is 1.77 bits per heavy atom. The van der Waals surface area contributed by atoms with E-state index in [0.717, 1.165) is 36.8 Å². The summed E-state index contributed by atoms with van der Waals surface area (Å²) >= 11 is 0. The van der Waals surface area contributed by atoms with Gasteiger partial charge in [-0.3, -0.25) is 0 Å². The first-order valence-electron chi connectivity index (χ1n) is 10.1. The lowest BCUT2D eigenvalue weighted by Crippen LogP contribution is -2.13. The summed E-state index contributed by atoms with van der Waals surface area (Å²) in [7, 11) is 0. The van der Waals surface area contributed by atoms with Gasteiger partial charge in [0.25, 0.3) is 5.92 Å². The number of hydrogen-bond donors (Lipinski definition) is 0. The van der Waals surface area contributed by atoms with Crippen LogP contribution in [0.2, 0.25) is 0 Å². The lowest BCUT2D eigenvalue weighted by atomic mass is 9.97. The van der Waals surface area contributed by atoms with E-state index in [9.17, 15) is 8.78 Å². The molecule has 0 aliphatic rings. The zero-order chi connectivity index (χ0) is 18.8. The van der Waals surface area contributed by atoms with Crippen molar-refractivity contribution in [1.29, 1.82) is 0 Å². The quantitative estimate of drug-likeness (QED) is 0.355. The van der Waals surface area contributed by atoms with Crippen molar-refractivity contribution in [2.75, 3.05) is 0 Å². The van der Waals surface area contributed by atoms with Crippen LogP contribution in [0.15, 0.2) is 48.5 Å². The smallest absolute Gasteiger partial charge is 0.201 e. The normalized spacial score (nSPS) is 11.7. The van der Waals surface area contributed by atoms with Crippen LogP contribution in [0.4, 0.5) is 8.78 Å². The standard InChI is InChI=1S/C24H32F2/c1-3-5-7-9-19-24(25,26)23-17-15-22(16-18-23)21-13-11-20(12-14-21)10-8-6-4-2/h11-18H,3-10,19H2,1-2H3. The summed E-state index contributed by atoms with van der Waals surface area (Å²) < 4.78 is 28.6. The van der Waals surface area contributed by atoms with Gasteiger partial charge in [-0.2, -0.15) is 0 Å². The second-order valence-corrected chi connectivity index (χ2v) is 7.25. The monoisotopic (exact) mass is 358 g/mol. The number of aryl methyl sites for hydroxylation is 1. The van der Waals surface area contributed by atoms with Gasteiger partial charge >= 0.3 is 0 Å². The molecule has 142 valence electrons. The van der Waals surface area contributed by atoms with Gasteiger partial charge in [-0.1, -0.05) is 94.5 Å². The molecule has 0 saturated heterocycles. The van der Waals surface area contributed by atoms with Crippen molar-refractivity contribution in [3.05, 3.63) is 59.7 Å². The van der Waals surface area contributed by atoms with Gasteiger partial charge in [0, 0.05) is 12.0 Å². The van der Waals surface area contributed by atoms with Crippen molar-refractivity contribution in [2.24, 2.45) is 0 Å². The molecule has 0 nitrogen and oxygen atoms in total. The lowest BCUT2D eigenvalue weighted by Gasteiger charge is -2.17. The average Bonchev–Trinajstić information content (AvgIpc) is 2.66. The van der Waals surface area contributed by atoms with Crippen molar-refractivity contribution in [3.8, 4) is 11.1 Å². The summed E-state index contributed by atoms with van der Waals surface area (Å²) in [5.74, 6) is -2.73. The maximum absolute atomic E-state index is 14.3. The Morgan fingerprint density at radius 2 is 1.19 bits per heavy atom. The molecule has 0 amide bonds. The van der Waals surface area contributed by atoms with E-state index in [0.29, 0.717) is 6.42 Å². The molecule has 0 N–H and O–H groups in total. The summed E-state index contributed by atoms with van der Waals surface area (Å²) in [6.45, 7) is 4.30. The van der Waals surface area contributed by atoms with Gasteiger partial charge in [0.2, 0.25) is 0 Å². The summed E-state index contributed by atoms with van der Waals surface area (Å²) in [6, 6.07) is 15.3. The van der Waals surface area contributed by atoms with Crippen LogP contribution in [-0.4, -0.2) is 0 Å². The average molecular weight is 359 g/mol. The Hall–Kier alpha value is -1.70. The van der Waals surface area contributed by atoms with Crippen LogP contribution in [0.1, 0.15) is 76.3 Å². The molecule has 0 aliphatic carbocycles. The number of rotatable bonds is 11. The number of benzene rings is 2. The minimum atomic E-state index is -2.73. The Morgan fingerprint density at radius 1 is 0.654 bits per heavy atom. The second kappa shape index (κ2) is 10.4. The van der Waals surface area contributed by atoms with E-state index in [1.54, 1.807) is 12.1 Å². The molecule has 0 saturated carbocycles. The Balaban J connectivity index is 1.97. The third-order valence-electron chi connectivity index (χ3n) is 5.01.